The summed E-state index contributed by atoms with van der Waals surface area (Å²) in [5, 5.41) is 8.05. The average molecular weight is 221 g/mol. The fourth-order valence-corrected chi connectivity index (χ4v) is 2.44. The van der Waals surface area contributed by atoms with E-state index in [1.165, 1.54) is 11.4 Å². The Morgan fingerprint density at radius 1 is 1.56 bits per heavy atom. The van der Waals surface area contributed by atoms with Crippen LogP contribution in [0.4, 0.5) is 0 Å². The van der Waals surface area contributed by atoms with Crippen molar-refractivity contribution in [2.75, 3.05) is 26.3 Å². The van der Waals surface area contributed by atoms with Crippen LogP contribution in [0, 0.1) is 0 Å². The van der Waals surface area contributed by atoms with Gasteiger partial charge in [0.05, 0.1) is 18.3 Å². The zero-order valence-corrected chi connectivity index (χ0v) is 9.78. The van der Waals surface area contributed by atoms with Gasteiger partial charge in [0.2, 0.25) is 0 Å². The Balaban J connectivity index is 1.90. The molecule has 0 spiro atoms. The van der Waals surface area contributed by atoms with Gasteiger partial charge < -0.3 is 10.1 Å². The molecule has 0 aliphatic carbocycles. The molecule has 3 rings (SSSR count). The Bertz CT molecular complexity index is 364. The van der Waals surface area contributed by atoms with E-state index >= 15 is 0 Å². The maximum atomic E-state index is 5.46. The Morgan fingerprint density at radius 2 is 2.44 bits per heavy atom. The predicted molar refractivity (Wildman–Crippen MR) is 61.7 cm³/mol. The average Bonchev–Trinajstić information content (AvgIpc) is 2.81. The van der Waals surface area contributed by atoms with Crippen molar-refractivity contribution in [2.24, 2.45) is 0 Å². The van der Waals surface area contributed by atoms with Gasteiger partial charge in [0.15, 0.2) is 0 Å². The summed E-state index contributed by atoms with van der Waals surface area (Å²) in [6, 6.07) is 2.75. The Labute approximate surface area is 96.0 Å². The van der Waals surface area contributed by atoms with Crippen molar-refractivity contribution in [1.29, 1.82) is 0 Å². The number of hydrogen-bond acceptors (Lipinski definition) is 3. The highest BCUT2D eigenvalue weighted by atomic mass is 16.5. The van der Waals surface area contributed by atoms with Crippen molar-refractivity contribution >= 4 is 0 Å². The molecule has 2 saturated heterocycles. The zero-order chi connectivity index (χ0) is 11.0. The van der Waals surface area contributed by atoms with E-state index < -0.39 is 0 Å². The fraction of sp³-hybridized carbons (Fsp3) is 0.750. The molecular formula is C12H19N3O. The maximum absolute atomic E-state index is 5.46. The van der Waals surface area contributed by atoms with Crippen LogP contribution in [0.25, 0.3) is 0 Å². The molecule has 0 aromatic carbocycles. The maximum Gasteiger partial charge on any atom is 0.0777 e. The minimum atomic E-state index is 0.468. The molecule has 4 nitrogen and oxygen atoms in total. The van der Waals surface area contributed by atoms with E-state index in [9.17, 15) is 0 Å². The van der Waals surface area contributed by atoms with Crippen LogP contribution in [0.1, 0.15) is 36.7 Å². The SMILES string of the molecule is CCc1cc(C2CNC2)n(C2CCOC2)n1. The van der Waals surface area contributed by atoms with Crippen LogP contribution in [0.15, 0.2) is 6.07 Å². The molecule has 3 heterocycles. The minimum Gasteiger partial charge on any atom is -0.379 e. The monoisotopic (exact) mass is 221 g/mol. The summed E-state index contributed by atoms with van der Waals surface area (Å²) in [7, 11) is 0. The minimum absolute atomic E-state index is 0.468. The van der Waals surface area contributed by atoms with Crippen LogP contribution >= 0.6 is 0 Å². The molecule has 2 aliphatic rings. The third kappa shape index (κ3) is 1.66. The van der Waals surface area contributed by atoms with E-state index in [-0.39, 0.29) is 0 Å². The number of aromatic nitrogens is 2. The highest BCUT2D eigenvalue weighted by Gasteiger charge is 2.28. The van der Waals surface area contributed by atoms with E-state index in [1.54, 1.807) is 0 Å². The molecule has 88 valence electrons. The summed E-state index contributed by atoms with van der Waals surface area (Å²) >= 11 is 0. The number of aryl methyl sites for hydroxylation is 1. The number of rotatable bonds is 3. The Kier molecular flexibility index (Phi) is 2.69. The third-order valence-electron chi connectivity index (χ3n) is 3.63. The highest BCUT2D eigenvalue weighted by molar-refractivity contribution is 5.19. The van der Waals surface area contributed by atoms with Crippen molar-refractivity contribution in [3.63, 3.8) is 0 Å². The molecule has 16 heavy (non-hydrogen) atoms. The van der Waals surface area contributed by atoms with Gasteiger partial charge in [0.25, 0.3) is 0 Å². The summed E-state index contributed by atoms with van der Waals surface area (Å²) in [6.45, 7) is 6.08. The molecule has 0 bridgehead atoms. The zero-order valence-electron chi connectivity index (χ0n) is 9.78. The van der Waals surface area contributed by atoms with Crippen molar-refractivity contribution < 1.29 is 4.74 Å². The van der Waals surface area contributed by atoms with Gasteiger partial charge in [-0.15, -0.1) is 0 Å². The van der Waals surface area contributed by atoms with Crippen molar-refractivity contribution in [2.45, 2.75) is 31.7 Å². The van der Waals surface area contributed by atoms with E-state index in [2.05, 4.69) is 23.0 Å². The van der Waals surface area contributed by atoms with E-state index in [0.29, 0.717) is 12.0 Å². The standard InChI is InChI=1S/C12H19N3O/c1-2-10-5-12(9-6-13-7-9)15(14-10)11-3-4-16-8-11/h5,9,11,13H,2-4,6-8H2,1H3. The molecule has 0 radical (unpaired) electrons. The smallest absolute Gasteiger partial charge is 0.0777 e. The molecule has 1 aromatic heterocycles. The molecule has 0 amide bonds. The molecule has 2 fully saturated rings. The number of hydrogen-bond donors (Lipinski definition) is 1. The third-order valence-corrected chi connectivity index (χ3v) is 3.63. The topological polar surface area (TPSA) is 39.1 Å². The van der Waals surface area contributed by atoms with Crippen LogP contribution in [-0.2, 0) is 11.2 Å². The van der Waals surface area contributed by atoms with Gasteiger partial charge in [-0.2, -0.15) is 5.10 Å². The van der Waals surface area contributed by atoms with Crippen molar-refractivity contribution in [3.8, 4) is 0 Å². The van der Waals surface area contributed by atoms with Gasteiger partial charge in [0.1, 0.15) is 0 Å². The normalized spacial score (nSPS) is 25.9. The van der Waals surface area contributed by atoms with Gasteiger partial charge in [-0.1, -0.05) is 6.92 Å². The van der Waals surface area contributed by atoms with Gasteiger partial charge >= 0.3 is 0 Å². The quantitative estimate of drug-likeness (QED) is 0.830. The molecular weight excluding hydrogens is 202 g/mol. The second-order valence-corrected chi connectivity index (χ2v) is 4.73. The lowest BCUT2D eigenvalue weighted by Gasteiger charge is -2.28. The molecule has 1 aromatic rings. The van der Waals surface area contributed by atoms with Crippen molar-refractivity contribution in [3.05, 3.63) is 17.5 Å². The second-order valence-electron chi connectivity index (χ2n) is 4.73. The molecule has 0 saturated carbocycles. The lowest BCUT2D eigenvalue weighted by atomic mass is 9.98. The van der Waals surface area contributed by atoms with E-state index in [1.807, 2.05) is 0 Å². The highest BCUT2D eigenvalue weighted by Crippen LogP contribution is 2.27. The Morgan fingerprint density at radius 3 is 3.00 bits per heavy atom. The molecule has 4 heteroatoms. The van der Waals surface area contributed by atoms with Gasteiger partial charge in [-0.05, 0) is 18.9 Å². The molecule has 1 unspecified atom stereocenters. The molecule has 2 aliphatic heterocycles. The summed E-state index contributed by atoms with van der Waals surface area (Å²) in [5.74, 6) is 0.661. The summed E-state index contributed by atoms with van der Waals surface area (Å²) in [4.78, 5) is 0. The largest absolute Gasteiger partial charge is 0.379 e. The van der Waals surface area contributed by atoms with E-state index in [0.717, 1.165) is 39.1 Å². The molecule has 1 N–H and O–H groups in total. The summed E-state index contributed by atoms with van der Waals surface area (Å²) < 4.78 is 7.70. The van der Waals surface area contributed by atoms with Crippen LogP contribution in [0.2, 0.25) is 0 Å². The van der Waals surface area contributed by atoms with Crippen LogP contribution in [-0.4, -0.2) is 36.1 Å². The molecule has 1 atom stereocenters. The van der Waals surface area contributed by atoms with Crippen LogP contribution < -0.4 is 5.32 Å². The second kappa shape index (κ2) is 4.18. The van der Waals surface area contributed by atoms with Crippen molar-refractivity contribution in [1.82, 2.24) is 15.1 Å². The number of nitrogens with one attached hydrogen (secondary N) is 1. The first kappa shape index (κ1) is 10.3. The number of nitrogens with zero attached hydrogens (tertiary/aromatic N) is 2. The first-order valence-corrected chi connectivity index (χ1v) is 6.25. The number of ether oxygens (including phenoxy) is 1. The lowest BCUT2D eigenvalue weighted by molar-refractivity contribution is 0.183. The first-order valence-electron chi connectivity index (χ1n) is 6.25. The first-order chi connectivity index (χ1) is 7.88. The lowest BCUT2D eigenvalue weighted by Crippen LogP contribution is -2.41. The summed E-state index contributed by atoms with van der Waals surface area (Å²) in [6.07, 6.45) is 2.13. The van der Waals surface area contributed by atoms with Crippen LogP contribution in [0.3, 0.4) is 0 Å². The van der Waals surface area contributed by atoms with Gasteiger partial charge in [0, 0.05) is 31.3 Å². The van der Waals surface area contributed by atoms with Gasteiger partial charge in [-0.25, -0.2) is 0 Å². The van der Waals surface area contributed by atoms with Gasteiger partial charge in [-0.3, -0.25) is 4.68 Å². The Hall–Kier alpha value is -0.870. The van der Waals surface area contributed by atoms with E-state index in [4.69, 9.17) is 9.84 Å². The predicted octanol–water partition coefficient (Wildman–Crippen LogP) is 1.09. The summed E-state index contributed by atoms with van der Waals surface area (Å²) in [5.41, 5.74) is 2.62. The fourth-order valence-electron chi connectivity index (χ4n) is 2.44. The van der Waals surface area contributed by atoms with Crippen LogP contribution in [0.5, 0.6) is 0 Å².